The van der Waals surface area contributed by atoms with Crippen LogP contribution in [0.5, 0.6) is 0 Å². The largest absolute Gasteiger partial charge is 0.382 e. The highest BCUT2D eigenvalue weighted by atomic mass is 19.2. The van der Waals surface area contributed by atoms with Crippen molar-refractivity contribution in [2.24, 2.45) is 0 Å². The summed E-state index contributed by atoms with van der Waals surface area (Å²) in [4.78, 5) is 0. The van der Waals surface area contributed by atoms with Gasteiger partial charge in [-0.2, -0.15) is 0 Å². The van der Waals surface area contributed by atoms with Crippen LogP contribution < -0.4 is 5.73 Å². The summed E-state index contributed by atoms with van der Waals surface area (Å²) >= 11 is 0. The van der Waals surface area contributed by atoms with Crippen molar-refractivity contribution in [2.45, 2.75) is 13.8 Å². The number of nitrogens with zero attached hydrogens (tertiary/aromatic N) is 2. The summed E-state index contributed by atoms with van der Waals surface area (Å²) in [5.41, 5.74) is 6.78. The molecule has 2 rings (SSSR count). The van der Waals surface area contributed by atoms with Gasteiger partial charge in [0.2, 0.25) is 0 Å². The maximum Gasteiger partial charge on any atom is 0.195 e. The van der Waals surface area contributed by atoms with Crippen molar-refractivity contribution in [1.29, 1.82) is 0 Å². The molecule has 1 aromatic carbocycles. The number of hydrogen-bond acceptors (Lipinski definition) is 3. The Hall–Kier alpha value is -2.11. The number of benzene rings is 1. The van der Waals surface area contributed by atoms with Gasteiger partial charge in [-0.1, -0.05) is 0 Å². The molecular formula is C12H10F3N3. The summed E-state index contributed by atoms with van der Waals surface area (Å²) < 4.78 is 39.7. The minimum Gasteiger partial charge on any atom is -0.382 e. The minimum atomic E-state index is -1.52. The van der Waals surface area contributed by atoms with Gasteiger partial charge in [0.05, 0.1) is 5.69 Å². The van der Waals surface area contributed by atoms with Crippen molar-refractivity contribution >= 4 is 5.82 Å². The second-order valence-electron chi connectivity index (χ2n) is 3.91. The van der Waals surface area contributed by atoms with Crippen molar-refractivity contribution in [3.8, 4) is 11.3 Å². The van der Waals surface area contributed by atoms with Crippen LogP contribution >= 0.6 is 0 Å². The van der Waals surface area contributed by atoms with Crippen LogP contribution in [0.25, 0.3) is 11.3 Å². The van der Waals surface area contributed by atoms with E-state index in [1.165, 1.54) is 0 Å². The van der Waals surface area contributed by atoms with Crippen LogP contribution in [0.3, 0.4) is 0 Å². The van der Waals surface area contributed by atoms with E-state index in [-0.39, 0.29) is 17.1 Å². The highest BCUT2D eigenvalue weighted by Crippen LogP contribution is 2.28. The van der Waals surface area contributed by atoms with E-state index in [2.05, 4.69) is 10.2 Å². The zero-order valence-electron chi connectivity index (χ0n) is 9.76. The summed E-state index contributed by atoms with van der Waals surface area (Å²) in [5.74, 6) is -3.83. The average Bonchev–Trinajstić information content (AvgIpc) is 2.35. The van der Waals surface area contributed by atoms with Gasteiger partial charge in [-0.25, -0.2) is 13.2 Å². The van der Waals surface area contributed by atoms with Crippen LogP contribution in [-0.4, -0.2) is 10.2 Å². The molecule has 6 heteroatoms. The lowest BCUT2D eigenvalue weighted by Crippen LogP contribution is -2.04. The lowest BCUT2D eigenvalue weighted by atomic mass is 10.0. The van der Waals surface area contributed by atoms with Gasteiger partial charge in [0.25, 0.3) is 0 Å². The smallest absolute Gasteiger partial charge is 0.195 e. The molecule has 0 spiro atoms. The summed E-state index contributed by atoms with van der Waals surface area (Å²) in [6.45, 7) is 3.36. The molecule has 0 aliphatic carbocycles. The van der Waals surface area contributed by atoms with E-state index in [1.54, 1.807) is 13.8 Å². The molecule has 1 heterocycles. The Bertz CT molecular complexity index is 571. The van der Waals surface area contributed by atoms with Gasteiger partial charge in [0, 0.05) is 5.56 Å². The number of aromatic nitrogens is 2. The van der Waals surface area contributed by atoms with Crippen LogP contribution in [0.4, 0.5) is 19.0 Å². The Morgan fingerprint density at radius 1 is 0.944 bits per heavy atom. The van der Waals surface area contributed by atoms with Crippen molar-refractivity contribution in [2.75, 3.05) is 5.73 Å². The van der Waals surface area contributed by atoms with Crippen LogP contribution in [-0.2, 0) is 0 Å². The Balaban J connectivity index is 2.71. The molecule has 3 nitrogen and oxygen atoms in total. The van der Waals surface area contributed by atoms with E-state index in [4.69, 9.17) is 5.73 Å². The van der Waals surface area contributed by atoms with Crippen molar-refractivity contribution in [3.63, 3.8) is 0 Å². The number of hydrogen-bond donors (Lipinski definition) is 1. The minimum absolute atomic E-state index is 0.137. The predicted molar refractivity (Wildman–Crippen MR) is 61.2 cm³/mol. The predicted octanol–water partition coefficient (Wildman–Crippen LogP) is 2.76. The number of rotatable bonds is 1. The fourth-order valence-electron chi connectivity index (χ4n) is 1.59. The van der Waals surface area contributed by atoms with E-state index in [0.29, 0.717) is 11.1 Å². The molecule has 0 aliphatic rings. The molecule has 0 fully saturated rings. The normalized spacial score (nSPS) is 10.7. The van der Waals surface area contributed by atoms with Gasteiger partial charge < -0.3 is 5.73 Å². The Labute approximate surface area is 101 Å². The lowest BCUT2D eigenvalue weighted by molar-refractivity contribution is 0.448. The zero-order valence-corrected chi connectivity index (χ0v) is 9.76. The molecule has 2 aromatic rings. The van der Waals surface area contributed by atoms with Crippen LogP contribution in [0.15, 0.2) is 12.1 Å². The molecule has 0 amide bonds. The van der Waals surface area contributed by atoms with Gasteiger partial charge in [0.1, 0.15) is 5.82 Å². The Morgan fingerprint density at radius 2 is 1.61 bits per heavy atom. The van der Waals surface area contributed by atoms with E-state index in [0.717, 1.165) is 12.1 Å². The van der Waals surface area contributed by atoms with Gasteiger partial charge in [-0.3, -0.25) is 0 Å². The first-order valence-corrected chi connectivity index (χ1v) is 5.16. The molecule has 0 radical (unpaired) electrons. The van der Waals surface area contributed by atoms with E-state index < -0.39 is 17.5 Å². The lowest BCUT2D eigenvalue weighted by Gasteiger charge is -2.09. The second kappa shape index (κ2) is 4.29. The summed E-state index contributed by atoms with van der Waals surface area (Å²) in [5, 5.41) is 7.39. The van der Waals surface area contributed by atoms with Crippen molar-refractivity contribution < 1.29 is 13.2 Å². The van der Waals surface area contributed by atoms with Gasteiger partial charge in [0.15, 0.2) is 17.5 Å². The third-order valence-electron chi connectivity index (χ3n) is 2.85. The molecule has 0 unspecified atom stereocenters. The number of halogens is 3. The van der Waals surface area contributed by atoms with Crippen LogP contribution in [0, 0.1) is 31.3 Å². The van der Waals surface area contributed by atoms with Crippen LogP contribution in [0.2, 0.25) is 0 Å². The molecule has 2 N–H and O–H groups in total. The molecule has 0 saturated heterocycles. The quantitative estimate of drug-likeness (QED) is 0.795. The molecule has 0 bridgehead atoms. The third kappa shape index (κ3) is 1.79. The zero-order chi connectivity index (χ0) is 13.4. The van der Waals surface area contributed by atoms with Crippen molar-refractivity contribution in [3.05, 3.63) is 40.7 Å². The van der Waals surface area contributed by atoms with Gasteiger partial charge in [-0.05, 0) is 37.1 Å². The highest BCUT2D eigenvalue weighted by Gasteiger charge is 2.18. The maximum atomic E-state index is 13.6. The molecular weight excluding hydrogens is 243 g/mol. The Kier molecular flexibility index (Phi) is 2.94. The number of nitrogens with two attached hydrogens (primary N) is 1. The topological polar surface area (TPSA) is 51.8 Å². The SMILES string of the molecule is Cc1c(N)nnc(-c2ccc(F)c(F)c2F)c1C. The van der Waals surface area contributed by atoms with Crippen LogP contribution in [0.1, 0.15) is 11.1 Å². The molecule has 94 valence electrons. The maximum absolute atomic E-state index is 13.6. The van der Waals surface area contributed by atoms with E-state index in [1.807, 2.05) is 0 Å². The number of anilines is 1. The standard InChI is InChI=1S/C12H10F3N3/c1-5-6(2)12(16)18-17-11(5)7-3-4-8(13)10(15)9(7)14/h3-4H,1-2H3,(H2,16,18). The second-order valence-corrected chi connectivity index (χ2v) is 3.91. The summed E-state index contributed by atoms with van der Waals surface area (Å²) in [6, 6.07) is 1.97. The molecule has 0 atom stereocenters. The van der Waals surface area contributed by atoms with Gasteiger partial charge in [-0.15, -0.1) is 10.2 Å². The van der Waals surface area contributed by atoms with E-state index in [9.17, 15) is 13.2 Å². The highest BCUT2D eigenvalue weighted by molar-refractivity contribution is 5.66. The molecule has 0 aliphatic heterocycles. The molecule has 18 heavy (non-hydrogen) atoms. The first kappa shape index (κ1) is 12.3. The summed E-state index contributed by atoms with van der Waals surface area (Å²) in [6.07, 6.45) is 0. The Morgan fingerprint density at radius 3 is 2.28 bits per heavy atom. The van der Waals surface area contributed by atoms with Gasteiger partial charge >= 0.3 is 0 Å². The average molecular weight is 253 g/mol. The number of nitrogen functional groups attached to an aromatic ring is 1. The molecule has 0 saturated carbocycles. The first-order valence-electron chi connectivity index (χ1n) is 5.16. The summed E-state index contributed by atoms with van der Waals surface area (Å²) in [7, 11) is 0. The van der Waals surface area contributed by atoms with Crippen molar-refractivity contribution in [1.82, 2.24) is 10.2 Å². The fraction of sp³-hybridized carbons (Fsp3) is 0.167. The monoisotopic (exact) mass is 253 g/mol. The fourth-order valence-corrected chi connectivity index (χ4v) is 1.59. The first-order chi connectivity index (χ1) is 8.43. The van der Waals surface area contributed by atoms with E-state index >= 15 is 0 Å². The molecule has 1 aromatic heterocycles. The third-order valence-corrected chi connectivity index (χ3v) is 2.85.